The number of hydrogen-bond acceptors (Lipinski definition) is 5. The molecule has 3 aromatic rings. The van der Waals surface area contributed by atoms with Crippen LogP contribution in [0.25, 0.3) is 10.8 Å². The van der Waals surface area contributed by atoms with Gasteiger partial charge >= 0.3 is 0 Å². The highest BCUT2D eigenvalue weighted by Crippen LogP contribution is 2.31. The smallest absolute Gasteiger partial charge is 0.255 e. The van der Waals surface area contributed by atoms with Gasteiger partial charge in [0.25, 0.3) is 5.91 Å². The van der Waals surface area contributed by atoms with Gasteiger partial charge in [-0.25, -0.2) is 13.1 Å². The first-order valence-corrected chi connectivity index (χ1v) is 15.2. The van der Waals surface area contributed by atoms with Crippen LogP contribution >= 0.6 is 0 Å². The summed E-state index contributed by atoms with van der Waals surface area (Å²) in [4.78, 5) is 28.0. The molecular weight excluding hydrogens is 512 g/mol. The first-order valence-electron chi connectivity index (χ1n) is 13.7. The Morgan fingerprint density at radius 3 is 2.46 bits per heavy atom. The van der Waals surface area contributed by atoms with Crippen molar-refractivity contribution < 1.29 is 18.0 Å². The average molecular weight is 549 g/mol. The van der Waals surface area contributed by atoms with Crippen LogP contribution in [0.2, 0.25) is 0 Å². The van der Waals surface area contributed by atoms with Crippen molar-refractivity contribution in [2.24, 2.45) is 5.92 Å². The van der Waals surface area contributed by atoms with Crippen LogP contribution in [-0.4, -0.2) is 56.9 Å². The second-order valence-corrected chi connectivity index (χ2v) is 12.2. The van der Waals surface area contributed by atoms with Gasteiger partial charge < -0.3 is 15.5 Å². The number of piperidine rings is 1. The number of fused-ring (bicyclic) bond motifs is 1. The summed E-state index contributed by atoms with van der Waals surface area (Å²) in [5, 5.41) is 7.43. The number of likely N-dealkylation sites (tertiary alicyclic amines) is 1. The molecule has 0 radical (unpaired) electrons. The summed E-state index contributed by atoms with van der Waals surface area (Å²) >= 11 is 0. The van der Waals surface area contributed by atoms with E-state index in [-0.39, 0.29) is 34.7 Å². The molecule has 0 aromatic heterocycles. The summed E-state index contributed by atoms with van der Waals surface area (Å²) in [6, 6.07) is 17.4. The second kappa shape index (κ2) is 11.5. The van der Waals surface area contributed by atoms with Crippen LogP contribution in [0.1, 0.15) is 48.5 Å². The van der Waals surface area contributed by atoms with E-state index in [4.69, 9.17) is 0 Å². The van der Waals surface area contributed by atoms with E-state index in [1.54, 1.807) is 30.3 Å². The molecule has 2 aliphatic heterocycles. The van der Waals surface area contributed by atoms with Crippen molar-refractivity contribution in [3.05, 3.63) is 71.8 Å². The Labute approximate surface area is 230 Å². The van der Waals surface area contributed by atoms with Crippen LogP contribution in [0.5, 0.6) is 0 Å². The van der Waals surface area contributed by atoms with Crippen molar-refractivity contribution in [1.82, 2.24) is 14.9 Å². The fourth-order valence-electron chi connectivity index (χ4n) is 5.81. The van der Waals surface area contributed by atoms with Gasteiger partial charge in [-0.05, 0) is 62.4 Å². The largest absolute Gasteiger partial charge is 0.341 e. The maximum atomic E-state index is 13.7. The maximum Gasteiger partial charge on any atom is 0.255 e. The molecule has 2 aliphatic rings. The zero-order chi connectivity index (χ0) is 27.6. The molecule has 3 unspecified atom stereocenters. The third-order valence-electron chi connectivity index (χ3n) is 8.05. The van der Waals surface area contributed by atoms with Crippen LogP contribution in [0.3, 0.4) is 0 Å². The van der Waals surface area contributed by atoms with E-state index in [1.165, 1.54) is 0 Å². The topological polar surface area (TPSA) is 108 Å². The number of carbonyl (C=O) groups is 2. The number of sulfonamides is 1. The first kappa shape index (κ1) is 27.3. The summed E-state index contributed by atoms with van der Waals surface area (Å²) in [6.07, 6.45) is 3.20. The summed E-state index contributed by atoms with van der Waals surface area (Å²) in [5.74, 6) is -0.0914. The van der Waals surface area contributed by atoms with Crippen LogP contribution in [0, 0.1) is 12.8 Å². The van der Waals surface area contributed by atoms with Gasteiger partial charge in [0.15, 0.2) is 0 Å². The monoisotopic (exact) mass is 548 g/mol. The Hall–Kier alpha value is -3.27. The van der Waals surface area contributed by atoms with E-state index in [0.717, 1.165) is 31.4 Å². The Bertz CT molecular complexity index is 1480. The number of amides is 2. The van der Waals surface area contributed by atoms with E-state index in [1.807, 2.05) is 49.1 Å². The molecule has 39 heavy (non-hydrogen) atoms. The molecule has 8 nitrogen and oxygen atoms in total. The van der Waals surface area contributed by atoms with Crippen molar-refractivity contribution in [2.75, 3.05) is 25.0 Å². The van der Waals surface area contributed by atoms with Crippen LogP contribution < -0.4 is 15.4 Å². The highest BCUT2D eigenvalue weighted by molar-refractivity contribution is 7.89. The Kier molecular flexibility index (Phi) is 8.02. The van der Waals surface area contributed by atoms with E-state index in [9.17, 15) is 18.0 Å². The predicted octanol–water partition coefficient (Wildman–Crippen LogP) is 4.06. The lowest BCUT2D eigenvalue weighted by Crippen LogP contribution is -2.55. The molecule has 3 aromatic carbocycles. The number of rotatable bonds is 7. The standard InChI is InChI=1S/C30H36N4O4S/c1-3-21-19-34(30(36)27-13-8-17-31-27)18-16-25(21)33-39(37,38)28-15-14-26(23-11-6-7-12-24(23)28)32-29(35)22-10-5-4-9-20(22)2/h4-7,9-12,14-15,21,25,27,31,33H,3,8,13,16-19H2,1-2H3,(H,32,35). The Balaban J connectivity index is 1.36. The van der Waals surface area contributed by atoms with Crippen molar-refractivity contribution in [2.45, 2.75) is 56.5 Å². The van der Waals surface area contributed by atoms with Crippen molar-refractivity contribution in [1.29, 1.82) is 0 Å². The van der Waals surface area contributed by atoms with E-state index >= 15 is 0 Å². The van der Waals surface area contributed by atoms with Gasteiger partial charge in [0.05, 0.1) is 10.9 Å². The van der Waals surface area contributed by atoms with Gasteiger partial charge in [-0.2, -0.15) is 0 Å². The number of nitrogens with one attached hydrogen (secondary N) is 3. The molecule has 0 bridgehead atoms. The van der Waals surface area contributed by atoms with Gasteiger partial charge in [0, 0.05) is 41.2 Å². The molecule has 0 aliphatic carbocycles. The van der Waals surface area contributed by atoms with Gasteiger partial charge in [0.2, 0.25) is 15.9 Å². The highest BCUT2D eigenvalue weighted by atomic mass is 32.2. The maximum absolute atomic E-state index is 13.7. The van der Waals surface area contributed by atoms with Crippen molar-refractivity contribution in [3.8, 4) is 0 Å². The second-order valence-electron chi connectivity index (χ2n) is 10.5. The molecule has 3 atom stereocenters. The summed E-state index contributed by atoms with van der Waals surface area (Å²) in [5.41, 5.74) is 1.98. The SMILES string of the molecule is CCC1CN(C(=O)C2CCCN2)CCC1NS(=O)(=O)c1ccc(NC(=O)c2ccccc2C)c2ccccc12. The molecule has 2 saturated heterocycles. The predicted molar refractivity (Wildman–Crippen MR) is 153 cm³/mol. The molecular formula is C30H36N4O4S. The molecule has 3 N–H and O–H groups in total. The number of aryl methyl sites for hydroxylation is 1. The zero-order valence-corrected chi connectivity index (χ0v) is 23.3. The van der Waals surface area contributed by atoms with Gasteiger partial charge in [0.1, 0.15) is 0 Å². The van der Waals surface area contributed by atoms with E-state index < -0.39 is 10.0 Å². The molecule has 0 saturated carbocycles. The molecule has 5 rings (SSSR count). The Morgan fingerprint density at radius 1 is 1.00 bits per heavy atom. The summed E-state index contributed by atoms with van der Waals surface area (Å²) in [7, 11) is -3.87. The zero-order valence-electron chi connectivity index (χ0n) is 22.4. The summed E-state index contributed by atoms with van der Waals surface area (Å²) in [6.45, 7) is 5.86. The number of benzene rings is 3. The van der Waals surface area contributed by atoms with Crippen LogP contribution in [0.15, 0.2) is 65.6 Å². The molecule has 2 amide bonds. The minimum atomic E-state index is -3.87. The van der Waals surface area contributed by atoms with Crippen molar-refractivity contribution >= 4 is 38.3 Å². The fourth-order valence-corrected chi connectivity index (χ4v) is 7.36. The molecule has 0 spiro atoms. The highest BCUT2D eigenvalue weighted by Gasteiger charge is 2.36. The van der Waals surface area contributed by atoms with E-state index in [2.05, 4.69) is 15.4 Å². The number of hydrogen-bond donors (Lipinski definition) is 3. The summed E-state index contributed by atoms with van der Waals surface area (Å²) < 4.78 is 30.4. The lowest BCUT2D eigenvalue weighted by molar-refractivity contribution is -0.135. The molecule has 2 heterocycles. The van der Waals surface area contributed by atoms with E-state index in [0.29, 0.717) is 41.5 Å². The molecule has 206 valence electrons. The minimum absolute atomic E-state index is 0.0258. The fraction of sp³-hybridized carbons (Fsp3) is 0.400. The van der Waals surface area contributed by atoms with Crippen molar-refractivity contribution in [3.63, 3.8) is 0 Å². The lowest BCUT2D eigenvalue weighted by Gasteiger charge is -2.39. The molecule has 2 fully saturated rings. The van der Waals surface area contributed by atoms with Gasteiger partial charge in [-0.1, -0.05) is 55.8 Å². The van der Waals surface area contributed by atoms with Crippen LogP contribution in [0.4, 0.5) is 5.69 Å². The van der Waals surface area contributed by atoms with Gasteiger partial charge in [-0.15, -0.1) is 0 Å². The normalized spacial score (nSPS) is 21.7. The van der Waals surface area contributed by atoms with Gasteiger partial charge in [-0.3, -0.25) is 9.59 Å². The number of anilines is 1. The first-order chi connectivity index (χ1) is 18.8. The Morgan fingerprint density at radius 2 is 1.74 bits per heavy atom. The lowest BCUT2D eigenvalue weighted by atomic mass is 9.90. The molecule has 9 heteroatoms. The third kappa shape index (κ3) is 5.71. The third-order valence-corrected chi connectivity index (χ3v) is 9.59. The minimum Gasteiger partial charge on any atom is -0.341 e. The number of nitrogens with zero attached hydrogens (tertiary/aromatic N) is 1. The van der Waals surface area contributed by atoms with Crippen LogP contribution in [-0.2, 0) is 14.8 Å². The quantitative estimate of drug-likeness (QED) is 0.413. The average Bonchev–Trinajstić information content (AvgIpc) is 3.48. The number of carbonyl (C=O) groups excluding carboxylic acids is 2.